The summed E-state index contributed by atoms with van der Waals surface area (Å²) in [6.45, 7) is 0.360. The van der Waals surface area contributed by atoms with Crippen LogP contribution in [0, 0.1) is 0 Å². The van der Waals surface area contributed by atoms with Gasteiger partial charge in [0.2, 0.25) is 5.91 Å². The number of carboxylic acid groups (broad SMARTS) is 1. The molecule has 3 rings (SSSR count). The smallest absolute Gasteiger partial charge is 0.331 e. The number of nitrogens with zero attached hydrogens (tertiary/aromatic N) is 2. The minimum Gasteiger partial charge on any atom is -0.479 e. The molecule has 0 aromatic carbocycles. The van der Waals surface area contributed by atoms with E-state index in [1.165, 1.54) is 11.2 Å². The number of hydrogen-bond donors (Lipinski definition) is 2. The molecule has 1 amide bonds. The quantitative estimate of drug-likeness (QED) is 0.879. The number of amides is 1. The van der Waals surface area contributed by atoms with E-state index in [-0.39, 0.29) is 12.3 Å². The first-order valence-corrected chi connectivity index (χ1v) is 6.72. The van der Waals surface area contributed by atoms with Gasteiger partial charge in [-0.2, -0.15) is 0 Å². The minimum absolute atomic E-state index is 0.177. The molecule has 7 nitrogen and oxygen atoms in total. The molecule has 110 valence electrons. The number of rotatable bonds is 4. The van der Waals surface area contributed by atoms with Crippen molar-refractivity contribution in [2.45, 2.75) is 25.3 Å². The summed E-state index contributed by atoms with van der Waals surface area (Å²) in [7, 11) is 0. The summed E-state index contributed by atoms with van der Waals surface area (Å²) in [5.41, 5.74) is 1.43. The molecule has 2 N–H and O–H groups in total. The van der Waals surface area contributed by atoms with E-state index in [4.69, 9.17) is 4.42 Å². The van der Waals surface area contributed by atoms with E-state index in [2.05, 4.69) is 9.97 Å². The Morgan fingerprint density at radius 2 is 2.38 bits per heavy atom. The molecule has 7 heteroatoms. The highest BCUT2D eigenvalue weighted by Crippen LogP contribution is 2.31. The monoisotopic (exact) mass is 289 g/mol. The predicted octanol–water partition coefficient (Wildman–Crippen LogP) is 1.15. The maximum atomic E-state index is 12.3. The topological polar surface area (TPSA) is 99.4 Å². The van der Waals surface area contributed by atoms with Crippen molar-refractivity contribution in [3.63, 3.8) is 0 Å². The minimum atomic E-state index is -1.03. The highest BCUT2D eigenvalue weighted by atomic mass is 16.4. The van der Waals surface area contributed by atoms with Crippen molar-refractivity contribution in [2.24, 2.45) is 0 Å². The van der Waals surface area contributed by atoms with Gasteiger partial charge in [-0.15, -0.1) is 0 Å². The third-order valence-electron chi connectivity index (χ3n) is 3.68. The zero-order chi connectivity index (χ0) is 14.8. The van der Waals surface area contributed by atoms with Crippen LogP contribution in [0.25, 0.3) is 0 Å². The van der Waals surface area contributed by atoms with E-state index in [1.807, 2.05) is 0 Å². The second-order valence-electron chi connectivity index (χ2n) is 4.95. The van der Waals surface area contributed by atoms with E-state index in [1.54, 1.807) is 18.6 Å². The molecular weight excluding hydrogens is 274 g/mol. The second kappa shape index (κ2) is 5.43. The largest absolute Gasteiger partial charge is 0.479 e. The van der Waals surface area contributed by atoms with Crippen LogP contribution in [0.2, 0.25) is 0 Å². The van der Waals surface area contributed by atoms with Crippen LogP contribution in [-0.4, -0.2) is 38.4 Å². The van der Waals surface area contributed by atoms with Crippen LogP contribution in [0.1, 0.15) is 29.5 Å². The molecule has 0 bridgehead atoms. The third kappa shape index (κ3) is 2.54. The number of carbonyl (C=O) groups excluding carboxylic acids is 1. The van der Waals surface area contributed by atoms with Gasteiger partial charge in [0.05, 0.1) is 12.6 Å². The molecule has 0 spiro atoms. The van der Waals surface area contributed by atoms with Gasteiger partial charge in [-0.1, -0.05) is 0 Å². The summed E-state index contributed by atoms with van der Waals surface area (Å²) < 4.78 is 5.27. The van der Waals surface area contributed by atoms with Crippen LogP contribution in [0.15, 0.2) is 29.3 Å². The fourth-order valence-electron chi connectivity index (χ4n) is 2.66. The summed E-state index contributed by atoms with van der Waals surface area (Å²) >= 11 is 0. The molecule has 0 saturated carbocycles. The number of fused-ring (bicyclic) bond motifs is 1. The van der Waals surface area contributed by atoms with Crippen molar-refractivity contribution in [1.82, 2.24) is 14.9 Å². The molecule has 3 heterocycles. The Hall–Kier alpha value is -2.57. The molecule has 0 fully saturated rings. The number of aromatic nitrogens is 2. The van der Waals surface area contributed by atoms with Crippen LogP contribution in [0.5, 0.6) is 0 Å². The zero-order valence-electron chi connectivity index (χ0n) is 11.3. The van der Waals surface area contributed by atoms with Gasteiger partial charge in [-0.3, -0.25) is 4.79 Å². The second-order valence-corrected chi connectivity index (χ2v) is 4.95. The normalized spacial score (nSPS) is 17.5. The highest BCUT2D eigenvalue weighted by molar-refractivity contribution is 5.85. The number of carbonyl (C=O) groups is 2. The molecule has 0 aliphatic carbocycles. The summed E-state index contributed by atoms with van der Waals surface area (Å²) in [6, 6.07) is 0.671. The van der Waals surface area contributed by atoms with Crippen molar-refractivity contribution < 1.29 is 19.1 Å². The maximum Gasteiger partial charge on any atom is 0.331 e. The lowest BCUT2D eigenvalue weighted by Crippen LogP contribution is -2.43. The Labute approximate surface area is 120 Å². The van der Waals surface area contributed by atoms with Crippen LogP contribution < -0.4 is 0 Å². The average molecular weight is 289 g/mol. The van der Waals surface area contributed by atoms with Crippen molar-refractivity contribution >= 4 is 11.9 Å². The maximum absolute atomic E-state index is 12.3. The van der Waals surface area contributed by atoms with Crippen molar-refractivity contribution in [3.05, 3.63) is 41.9 Å². The Kier molecular flexibility index (Phi) is 3.47. The fraction of sp³-hybridized carbons (Fsp3) is 0.357. The number of furan rings is 1. The number of aryl methyl sites for hydroxylation is 1. The lowest BCUT2D eigenvalue weighted by molar-refractivity contribution is -0.151. The predicted molar refractivity (Wildman–Crippen MR) is 71.4 cm³/mol. The Balaban J connectivity index is 1.74. The van der Waals surface area contributed by atoms with E-state index in [0.717, 1.165) is 5.69 Å². The molecule has 1 unspecified atom stereocenters. The number of nitrogens with one attached hydrogen (secondary N) is 1. The van der Waals surface area contributed by atoms with Gasteiger partial charge in [0.25, 0.3) is 0 Å². The van der Waals surface area contributed by atoms with Gasteiger partial charge >= 0.3 is 5.97 Å². The number of aliphatic carboxylic acids is 1. The first-order valence-electron chi connectivity index (χ1n) is 6.72. The number of hydrogen-bond acceptors (Lipinski definition) is 4. The lowest BCUT2D eigenvalue weighted by Gasteiger charge is -2.32. The fourth-order valence-corrected chi connectivity index (χ4v) is 2.66. The Morgan fingerprint density at radius 3 is 3.10 bits per heavy atom. The summed E-state index contributed by atoms with van der Waals surface area (Å²) in [6.07, 6.45) is 5.99. The van der Waals surface area contributed by atoms with Crippen LogP contribution in [-0.2, 0) is 22.4 Å². The van der Waals surface area contributed by atoms with Crippen LogP contribution >= 0.6 is 0 Å². The number of H-pyrrole nitrogens is 1. The van der Waals surface area contributed by atoms with E-state index >= 15 is 0 Å². The number of carboxylic acids is 1. The number of imidazole rings is 1. The summed E-state index contributed by atoms with van der Waals surface area (Å²) in [5.74, 6) is -0.559. The van der Waals surface area contributed by atoms with Gasteiger partial charge in [0, 0.05) is 36.8 Å². The standard InChI is InChI=1S/C14H15N3O4/c18-12(2-1-9-7-15-8-16-9)17-5-3-11-10(4-6-21-11)13(17)14(19)20/h4,6-8,13H,1-3,5H2,(H,15,16)(H,19,20). The molecule has 0 radical (unpaired) electrons. The van der Waals surface area contributed by atoms with Crippen molar-refractivity contribution in [1.29, 1.82) is 0 Å². The molecule has 1 aliphatic heterocycles. The van der Waals surface area contributed by atoms with Crippen molar-refractivity contribution in [2.75, 3.05) is 6.54 Å². The first-order chi connectivity index (χ1) is 10.2. The highest BCUT2D eigenvalue weighted by Gasteiger charge is 2.37. The molecule has 1 aliphatic rings. The molecule has 2 aromatic rings. The van der Waals surface area contributed by atoms with Crippen molar-refractivity contribution in [3.8, 4) is 0 Å². The lowest BCUT2D eigenvalue weighted by atomic mass is 9.98. The van der Waals surface area contributed by atoms with Gasteiger partial charge in [-0.25, -0.2) is 9.78 Å². The SMILES string of the molecule is O=C(O)C1c2ccoc2CCN1C(=O)CCc1cnc[nH]1. The number of aromatic amines is 1. The van der Waals surface area contributed by atoms with Gasteiger partial charge in [-0.05, 0) is 12.5 Å². The Bertz CT molecular complexity index is 647. The van der Waals surface area contributed by atoms with Gasteiger partial charge in [0.15, 0.2) is 6.04 Å². The van der Waals surface area contributed by atoms with E-state index < -0.39 is 12.0 Å². The summed E-state index contributed by atoms with van der Waals surface area (Å²) in [4.78, 5) is 32.1. The van der Waals surface area contributed by atoms with Crippen LogP contribution in [0.3, 0.4) is 0 Å². The van der Waals surface area contributed by atoms with E-state index in [9.17, 15) is 14.7 Å². The van der Waals surface area contributed by atoms with Gasteiger partial charge in [0.1, 0.15) is 5.76 Å². The molecule has 0 saturated heterocycles. The van der Waals surface area contributed by atoms with E-state index in [0.29, 0.717) is 30.7 Å². The molecular formula is C14H15N3O4. The first kappa shape index (κ1) is 13.4. The van der Waals surface area contributed by atoms with Crippen LogP contribution in [0.4, 0.5) is 0 Å². The van der Waals surface area contributed by atoms with Gasteiger partial charge < -0.3 is 19.4 Å². The Morgan fingerprint density at radius 1 is 1.52 bits per heavy atom. The molecule has 21 heavy (non-hydrogen) atoms. The average Bonchev–Trinajstić information content (AvgIpc) is 3.14. The third-order valence-corrected chi connectivity index (χ3v) is 3.68. The molecule has 1 atom stereocenters. The summed E-state index contributed by atoms with van der Waals surface area (Å²) in [5, 5.41) is 9.42. The zero-order valence-corrected chi connectivity index (χ0v) is 11.3. The molecule has 2 aromatic heterocycles.